The van der Waals surface area contributed by atoms with Crippen LogP contribution in [-0.4, -0.2) is 29.1 Å². The number of Topliss-reactive ketones (excluding diaryl/α,β-unsaturated/α-hetero) is 1. The molecular formula is C24H15Cl2NO4. The van der Waals surface area contributed by atoms with Gasteiger partial charge in [-0.1, -0.05) is 48.0 Å². The van der Waals surface area contributed by atoms with Crippen LogP contribution in [0.2, 0.25) is 5.02 Å². The third kappa shape index (κ3) is 3.90. The summed E-state index contributed by atoms with van der Waals surface area (Å²) in [5.74, 6) is -1.73. The summed E-state index contributed by atoms with van der Waals surface area (Å²) >= 11 is 11.6. The van der Waals surface area contributed by atoms with Gasteiger partial charge in [0.05, 0.1) is 17.1 Å². The van der Waals surface area contributed by atoms with E-state index in [2.05, 4.69) is 5.32 Å². The average Bonchev–Trinajstić information content (AvgIpc) is 2.78. The summed E-state index contributed by atoms with van der Waals surface area (Å²) in [6, 6.07) is 15.9. The highest BCUT2D eigenvalue weighted by Crippen LogP contribution is 2.35. The molecule has 0 bridgehead atoms. The Bertz CT molecular complexity index is 1270. The molecule has 0 heterocycles. The van der Waals surface area contributed by atoms with Crippen LogP contribution >= 0.6 is 23.2 Å². The summed E-state index contributed by atoms with van der Waals surface area (Å²) in [5.41, 5.74) is 1.60. The molecule has 0 spiro atoms. The van der Waals surface area contributed by atoms with Gasteiger partial charge < -0.3 is 5.32 Å². The van der Waals surface area contributed by atoms with E-state index in [1.807, 2.05) is 0 Å². The third-order valence-electron chi connectivity index (χ3n) is 5.04. The number of carbonyl (C=O) groups excluding carboxylic acids is 4. The Labute approximate surface area is 188 Å². The number of benzene rings is 3. The van der Waals surface area contributed by atoms with E-state index in [9.17, 15) is 19.2 Å². The van der Waals surface area contributed by atoms with E-state index in [4.69, 9.17) is 23.2 Å². The normalized spacial score (nSPS) is 12.2. The number of rotatable bonds is 5. The molecule has 5 nitrogen and oxygen atoms in total. The van der Waals surface area contributed by atoms with Gasteiger partial charge >= 0.3 is 0 Å². The number of amides is 1. The van der Waals surface area contributed by atoms with Gasteiger partial charge in [0, 0.05) is 33.7 Å². The molecule has 0 aliphatic heterocycles. The zero-order valence-electron chi connectivity index (χ0n) is 16.1. The molecule has 0 radical (unpaired) electrons. The maximum atomic E-state index is 13.3. The van der Waals surface area contributed by atoms with Crippen molar-refractivity contribution in [1.29, 1.82) is 0 Å². The quantitative estimate of drug-likeness (QED) is 0.445. The Hall–Kier alpha value is -3.28. The Balaban J connectivity index is 1.87. The van der Waals surface area contributed by atoms with Crippen LogP contribution in [0.5, 0.6) is 0 Å². The largest absolute Gasteiger partial charge is 0.321 e. The van der Waals surface area contributed by atoms with E-state index < -0.39 is 11.7 Å². The molecule has 0 aromatic heterocycles. The van der Waals surface area contributed by atoms with E-state index in [0.717, 1.165) is 0 Å². The number of ketones is 3. The molecule has 1 amide bonds. The fourth-order valence-corrected chi connectivity index (χ4v) is 3.88. The Kier molecular flexibility index (Phi) is 5.72. The van der Waals surface area contributed by atoms with E-state index in [-0.39, 0.29) is 51.8 Å². The first-order valence-electron chi connectivity index (χ1n) is 9.39. The predicted octanol–water partition coefficient (Wildman–Crippen LogP) is 4.72. The van der Waals surface area contributed by atoms with E-state index >= 15 is 0 Å². The van der Waals surface area contributed by atoms with Crippen molar-refractivity contribution in [2.45, 2.75) is 6.42 Å². The van der Waals surface area contributed by atoms with Crippen LogP contribution in [0.25, 0.3) is 0 Å². The minimum Gasteiger partial charge on any atom is -0.321 e. The van der Waals surface area contributed by atoms with Gasteiger partial charge in [-0.25, -0.2) is 0 Å². The Morgan fingerprint density at radius 3 is 2.23 bits per heavy atom. The number of hydrogen-bond acceptors (Lipinski definition) is 4. The van der Waals surface area contributed by atoms with Crippen LogP contribution in [0, 0.1) is 0 Å². The number of anilines is 1. The van der Waals surface area contributed by atoms with E-state index in [1.165, 1.54) is 12.1 Å². The lowest BCUT2D eigenvalue weighted by molar-refractivity contribution is -0.116. The number of hydrogen-bond donors (Lipinski definition) is 1. The lowest BCUT2D eigenvalue weighted by Crippen LogP contribution is -2.25. The standard InChI is InChI=1S/C24H15Cl2NO4/c25-12-16(28)11-13-8-9-19-20(23(30)18-7-2-1-6-17(18)22(19)29)21(13)27-24(31)14-4-3-5-15(26)10-14/h1-10H,11-12H2,(H,27,31). The number of halogens is 2. The molecule has 31 heavy (non-hydrogen) atoms. The molecule has 0 saturated heterocycles. The van der Waals surface area contributed by atoms with Crippen LogP contribution < -0.4 is 5.32 Å². The van der Waals surface area contributed by atoms with Crippen molar-refractivity contribution in [3.63, 3.8) is 0 Å². The molecule has 0 saturated carbocycles. The Morgan fingerprint density at radius 1 is 0.839 bits per heavy atom. The average molecular weight is 452 g/mol. The number of nitrogens with one attached hydrogen (secondary N) is 1. The van der Waals surface area contributed by atoms with Crippen molar-refractivity contribution in [1.82, 2.24) is 0 Å². The summed E-state index contributed by atoms with van der Waals surface area (Å²) in [5, 5.41) is 3.10. The van der Waals surface area contributed by atoms with Gasteiger partial charge in [-0.15, -0.1) is 11.6 Å². The SMILES string of the molecule is O=C(CCl)Cc1ccc2c(c1NC(=O)c1cccc(Cl)c1)C(=O)c1ccccc1C2=O. The minimum absolute atomic E-state index is 0.0685. The van der Waals surface area contributed by atoms with Crippen LogP contribution in [0.3, 0.4) is 0 Å². The minimum atomic E-state index is -0.519. The first-order valence-corrected chi connectivity index (χ1v) is 10.3. The van der Waals surface area contributed by atoms with Crippen LogP contribution in [0.1, 0.15) is 47.8 Å². The third-order valence-corrected chi connectivity index (χ3v) is 5.57. The van der Waals surface area contributed by atoms with Crippen molar-refractivity contribution in [3.8, 4) is 0 Å². The molecule has 3 aromatic carbocycles. The van der Waals surface area contributed by atoms with Crippen molar-refractivity contribution in [2.24, 2.45) is 0 Å². The van der Waals surface area contributed by atoms with Gasteiger partial charge in [-0.05, 0) is 29.8 Å². The molecule has 1 aliphatic rings. The second-order valence-electron chi connectivity index (χ2n) is 7.04. The van der Waals surface area contributed by atoms with Crippen LogP contribution in [0.4, 0.5) is 5.69 Å². The Morgan fingerprint density at radius 2 is 1.55 bits per heavy atom. The smallest absolute Gasteiger partial charge is 0.255 e. The first-order chi connectivity index (χ1) is 14.9. The van der Waals surface area contributed by atoms with Crippen molar-refractivity contribution in [2.75, 3.05) is 11.2 Å². The van der Waals surface area contributed by atoms with Gasteiger partial charge in [0.1, 0.15) is 0 Å². The molecule has 0 unspecified atom stereocenters. The maximum absolute atomic E-state index is 13.3. The van der Waals surface area contributed by atoms with Crippen molar-refractivity contribution in [3.05, 3.63) is 99.1 Å². The van der Waals surface area contributed by atoms with Gasteiger partial charge in [0.2, 0.25) is 0 Å². The number of alkyl halides is 1. The number of fused-ring (bicyclic) bond motifs is 2. The summed E-state index contributed by atoms with van der Waals surface area (Å²) in [6.45, 7) is 0. The maximum Gasteiger partial charge on any atom is 0.255 e. The molecule has 3 aromatic rings. The molecule has 4 rings (SSSR count). The highest BCUT2D eigenvalue weighted by molar-refractivity contribution is 6.32. The molecule has 7 heteroatoms. The number of carbonyl (C=O) groups is 4. The second-order valence-corrected chi connectivity index (χ2v) is 7.74. The summed E-state index contributed by atoms with van der Waals surface area (Å²) in [4.78, 5) is 51.3. The molecule has 1 N–H and O–H groups in total. The fraction of sp³-hybridized carbons (Fsp3) is 0.0833. The van der Waals surface area contributed by atoms with Gasteiger partial charge in [0.25, 0.3) is 5.91 Å². The van der Waals surface area contributed by atoms with Gasteiger partial charge in [-0.3, -0.25) is 19.2 Å². The van der Waals surface area contributed by atoms with E-state index in [0.29, 0.717) is 16.1 Å². The highest BCUT2D eigenvalue weighted by Gasteiger charge is 2.33. The monoisotopic (exact) mass is 451 g/mol. The fourth-order valence-electron chi connectivity index (χ4n) is 3.59. The van der Waals surface area contributed by atoms with Gasteiger partial charge in [0.15, 0.2) is 17.3 Å². The molecular weight excluding hydrogens is 437 g/mol. The molecule has 0 fully saturated rings. The summed E-state index contributed by atoms with van der Waals surface area (Å²) < 4.78 is 0. The lowest BCUT2D eigenvalue weighted by Gasteiger charge is -2.22. The van der Waals surface area contributed by atoms with Crippen molar-refractivity contribution >= 4 is 52.1 Å². The summed E-state index contributed by atoms with van der Waals surface area (Å²) in [6.07, 6.45) is -0.0922. The lowest BCUT2D eigenvalue weighted by atomic mass is 9.81. The van der Waals surface area contributed by atoms with E-state index in [1.54, 1.807) is 48.5 Å². The van der Waals surface area contributed by atoms with Crippen LogP contribution in [-0.2, 0) is 11.2 Å². The van der Waals surface area contributed by atoms with Crippen LogP contribution in [0.15, 0.2) is 60.7 Å². The van der Waals surface area contributed by atoms with Crippen molar-refractivity contribution < 1.29 is 19.2 Å². The predicted molar refractivity (Wildman–Crippen MR) is 119 cm³/mol. The highest BCUT2D eigenvalue weighted by atomic mass is 35.5. The summed E-state index contributed by atoms with van der Waals surface area (Å²) in [7, 11) is 0. The molecule has 1 aliphatic carbocycles. The first kappa shape index (κ1) is 21.0. The zero-order valence-corrected chi connectivity index (χ0v) is 17.6. The zero-order chi connectivity index (χ0) is 22.1. The van der Waals surface area contributed by atoms with Gasteiger partial charge in [-0.2, -0.15) is 0 Å². The second kappa shape index (κ2) is 8.46. The molecule has 0 atom stereocenters. The topological polar surface area (TPSA) is 80.3 Å². The molecule has 154 valence electrons.